The van der Waals surface area contributed by atoms with Gasteiger partial charge in [0.25, 0.3) is 0 Å². The Morgan fingerprint density at radius 1 is 1.00 bits per heavy atom. The maximum Gasteiger partial charge on any atom is 0.0550 e. The number of piperidine rings is 1. The van der Waals surface area contributed by atoms with Gasteiger partial charge < -0.3 is 0 Å². The van der Waals surface area contributed by atoms with Crippen LogP contribution in [0.1, 0.15) is 25.0 Å². The summed E-state index contributed by atoms with van der Waals surface area (Å²) in [5, 5.41) is 2.53. The van der Waals surface area contributed by atoms with Crippen LogP contribution in [0.5, 0.6) is 0 Å². The molecule has 1 saturated heterocycles. The molecule has 0 atom stereocenters. The third-order valence-corrected chi connectivity index (χ3v) is 3.52. The minimum absolute atomic E-state index is 1.00. The molecule has 0 amide bonds. The van der Waals surface area contributed by atoms with Crippen molar-refractivity contribution in [2.75, 3.05) is 13.1 Å². The van der Waals surface area contributed by atoms with E-state index in [0.29, 0.717) is 0 Å². The first-order valence-electron chi connectivity index (χ1n) is 6.48. The molecule has 1 fully saturated rings. The molecular weight excluding hydrogens is 208 g/mol. The first-order valence-corrected chi connectivity index (χ1v) is 6.48. The molecule has 0 saturated carbocycles. The van der Waals surface area contributed by atoms with Crippen molar-refractivity contribution < 1.29 is 0 Å². The van der Waals surface area contributed by atoms with Gasteiger partial charge >= 0.3 is 0 Å². The Morgan fingerprint density at radius 3 is 2.59 bits per heavy atom. The number of rotatable bonds is 2. The monoisotopic (exact) mass is 226 g/mol. The number of hydrogen-bond donors (Lipinski definition) is 0. The lowest BCUT2D eigenvalue weighted by Gasteiger charge is -2.25. The number of benzene rings is 1. The molecule has 2 heteroatoms. The Balaban J connectivity index is 1.80. The fraction of sp³-hybridized carbons (Fsp3) is 0.400. The van der Waals surface area contributed by atoms with Crippen molar-refractivity contribution in [3.63, 3.8) is 0 Å². The van der Waals surface area contributed by atoms with Gasteiger partial charge in [-0.1, -0.05) is 30.7 Å². The minimum atomic E-state index is 1.00. The van der Waals surface area contributed by atoms with E-state index in [-0.39, 0.29) is 0 Å². The quantitative estimate of drug-likeness (QED) is 0.781. The van der Waals surface area contributed by atoms with Gasteiger partial charge in [0.1, 0.15) is 0 Å². The van der Waals surface area contributed by atoms with Gasteiger partial charge in [0.2, 0.25) is 0 Å². The Bertz CT molecular complexity index is 501. The fourth-order valence-corrected chi connectivity index (χ4v) is 2.56. The highest BCUT2D eigenvalue weighted by Gasteiger charge is 2.10. The standard InChI is InChI=1S/C15H18N2/c1-4-8-17(9-5-1)12-15-10-13-6-2-3-7-14(13)11-16-15/h2-3,6-7,10-11H,1,4-5,8-9,12H2. The predicted molar refractivity (Wildman–Crippen MR) is 70.9 cm³/mol. The van der Waals surface area contributed by atoms with Crippen LogP contribution in [0.25, 0.3) is 10.8 Å². The summed E-state index contributed by atoms with van der Waals surface area (Å²) >= 11 is 0. The number of fused-ring (bicyclic) bond motifs is 1. The SMILES string of the molecule is c1ccc2cc(CN3CCCCC3)ncc2c1. The average Bonchev–Trinajstić information content (AvgIpc) is 2.40. The molecule has 0 spiro atoms. The van der Waals surface area contributed by atoms with Crippen LogP contribution in [0, 0.1) is 0 Å². The van der Waals surface area contributed by atoms with Gasteiger partial charge in [0, 0.05) is 18.1 Å². The van der Waals surface area contributed by atoms with Crippen molar-refractivity contribution in [3.8, 4) is 0 Å². The van der Waals surface area contributed by atoms with Crippen molar-refractivity contribution in [1.29, 1.82) is 0 Å². The van der Waals surface area contributed by atoms with Crippen LogP contribution in [0.3, 0.4) is 0 Å². The summed E-state index contributed by atoms with van der Waals surface area (Å²) in [7, 11) is 0. The predicted octanol–water partition coefficient (Wildman–Crippen LogP) is 3.22. The van der Waals surface area contributed by atoms with Crippen LogP contribution >= 0.6 is 0 Å². The second kappa shape index (κ2) is 4.84. The van der Waals surface area contributed by atoms with Crippen LogP contribution < -0.4 is 0 Å². The molecule has 1 aliphatic rings. The molecule has 2 nitrogen and oxygen atoms in total. The Morgan fingerprint density at radius 2 is 1.76 bits per heavy atom. The van der Waals surface area contributed by atoms with Gasteiger partial charge in [-0.3, -0.25) is 9.88 Å². The highest BCUT2D eigenvalue weighted by atomic mass is 15.1. The molecule has 0 unspecified atom stereocenters. The van der Waals surface area contributed by atoms with Crippen LogP contribution in [0.2, 0.25) is 0 Å². The molecule has 3 rings (SSSR count). The van der Waals surface area contributed by atoms with Crippen molar-refractivity contribution in [3.05, 3.63) is 42.2 Å². The molecule has 1 aromatic carbocycles. The Kier molecular flexibility index (Phi) is 3.06. The molecule has 0 N–H and O–H groups in total. The van der Waals surface area contributed by atoms with Crippen molar-refractivity contribution in [2.45, 2.75) is 25.8 Å². The molecule has 17 heavy (non-hydrogen) atoms. The number of aromatic nitrogens is 1. The molecule has 1 aliphatic heterocycles. The van der Waals surface area contributed by atoms with Gasteiger partial charge in [0.05, 0.1) is 5.69 Å². The molecule has 2 heterocycles. The summed E-state index contributed by atoms with van der Waals surface area (Å²) in [6.45, 7) is 3.47. The first kappa shape index (κ1) is 10.7. The third-order valence-electron chi connectivity index (χ3n) is 3.52. The zero-order valence-electron chi connectivity index (χ0n) is 10.1. The maximum atomic E-state index is 4.56. The zero-order chi connectivity index (χ0) is 11.5. The largest absolute Gasteiger partial charge is 0.298 e. The smallest absolute Gasteiger partial charge is 0.0550 e. The van der Waals surface area contributed by atoms with Crippen LogP contribution in [-0.4, -0.2) is 23.0 Å². The van der Waals surface area contributed by atoms with Crippen molar-refractivity contribution in [2.24, 2.45) is 0 Å². The first-order chi connectivity index (χ1) is 8.42. The zero-order valence-corrected chi connectivity index (χ0v) is 10.1. The highest BCUT2D eigenvalue weighted by molar-refractivity contribution is 5.81. The van der Waals surface area contributed by atoms with E-state index in [1.54, 1.807) is 0 Å². The summed E-state index contributed by atoms with van der Waals surface area (Å²) in [4.78, 5) is 7.07. The van der Waals surface area contributed by atoms with E-state index < -0.39 is 0 Å². The summed E-state index contributed by atoms with van der Waals surface area (Å²) in [5.41, 5.74) is 1.20. The fourth-order valence-electron chi connectivity index (χ4n) is 2.56. The lowest BCUT2D eigenvalue weighted by atomic mass is 10.1. The number of hydrogen-bond acceptors (Lipinski definition) is 2. The molecular formula is C15H18N2. The average molecular weight is 226 g/mol. The summed E-state index contributed by atoms with van der Waals surface area (Å²) in [5.74, 6) is 0. The summed E-state index contributed by atoms with van der Waals surface area (Å²) < 4.78 is 0. The minimum Gasteiger partial charge on any atom is -0.298 e. The van der Waals surface area contributed by atoms with Crippen molar-refractivity contribution >= 4 is 10.8 Å². The highest BCUT2D eigenvalue weighted by Crippen LogP contribution is 2.16. The lowest BCUT2D eigenvalue weighted by Crippen LogP contribution is -2.29. The van der Waals surface area contributed by atoms with E-state index in [4.69, 9.17) is 0 Å². The van der Waals surface area contributed by atoms with E-state index >= 15 is 0 Å². The number of likely N-dealkylation sites (tertiary alicyclic amines) is 1. The van der Waals surface area contributed by atoms with Gasteiger partial charge in [-0.25, -0.2) is 0 Å². The maximum absolute atomic E-state index is 4.56. The second-order valence-corrected chi connectivity index (χ2v) is 4.86. The summed E-state index contributed by atoms with van der Waals surface area (Å²) in [6, 6.07) is 10.7. The second-order valence-electron chi connectivity index (χ2n) is 4.86. The Labute approximate surface area is 102 Å². The normalized spacial score (nSPS) is 17.4. The number of pyridine rings is 1. The summed E-state index contributed by atoms with van der Waals surface area (Å²) in [6.07, 6.45) is 6.07. The third kappa shape index (κ3) is 2.47. The molecule has 0 radical (unpaired) electrons. The van der Waals surface area contributed by atoms with Crippen molar-refractivity contribution in [1.82, 2.24) is 9.88 Å². The van der Waals surface area contributed by atoms with E-state index in [2.05, 4.69) is 40.2 Å². The van der Waals surface area contributed by atoms with Crippen LogP contribution in [-0.2, 0) is 6.54 Å². The van der Waals surface area contributed by atoms with Gasteiger partial charge in [-0.2, -0.15) is 0 Å². The van der Waals surface area contributed by atoms with E-state index in [0.717, 1.165) is 6.54 Å². The van der Waals surface area contributed by atoms with Crippen LogP contribution in [0.15, 0.2) is 36.5 Å². The Hall–Kier alpha value is -1.41. The topological polar surface area (TPSA) is 16.1 Å². The molecule has 2 aromatic rings. The number of nitrogens with zero attached hydrogens (tertiary/aromatic N) is 2. The van der Waals surface area contributed by atoms with Gasteiger partial charge in [-0.15, -0.1) is 0 Å². The van der Waals surface area contributed by atoms with Gasteiger partial charge in [-0.05, 0) is 37.4 Å². The van der Waals surface area contributed by atoms with Gasteiger partial charge in [0.15, 0.2) is 0 Å². The van der Waals surface area contributed by atoms with E-state index in [9.17, 15) is 0 Å². The van der Waals surface area contributed by atoms with E-state index in [1.165, 1.54) is 48.8 Å². The molecule has 0 bridgehead atoms. The molecule has 0 aliphatic carbocycles. The van der Waals surface area contributed by atoms with Crippen LogP contribution in [0.4, 0.5) is 0 Å². The molecule has 1 aromatic heterocycles. The lowest BCUT2D eigenvalue weighted by molar-refractivity contribution is 0.218. The van der Waals surface area contributed by atoms with E-state index in [1.807, 2.05) is 6.20 Å². The molecule has 88 valence electrons.